The Morgan fingerprint density at radius 3 is 2.33 bits per heavy atom. The Balaban J connectivity index is 1.48. The topological polar surface area (TPSA) is 79.5 Å². The van der Waals surface area contributed by atoms with E-state index in [-0.39, 0.29) is 23.0 Å². The second kappa shape index (κ2) is 10.6. The van der Waals surface area contributed by atoms with Crippen LogP contribution in [-0.4, -0.2) is 23.5 Å². The molecule has 0 aliphatic rings. The van der Waals surface area contributed by atoms with Crippen molar-refractivity contribution in [1.82, 2.24) is 16.2 Å². The molecule has 3 aromatic carbocycles. The number of amides is 2. The van der Waals surface area contributed by atoms with Crippen LogP contribution in [0.4, 0.5) is 0 Å². The molecule has 6 nitrogen and oxygen atoms in total. The van der Waals surface area contributed by atoms with Gasteiger partial charge in [0.05, 0.1) is 4.47 Å². The third-order valence-corrected chi connectivity index (χ3v) is 6.31. The van der Waals surface area contributed by atoms with Crippen molar-refractivity contribution in [3.63, 3.8) is 0 Å². The van der Waals surface area contributed by atoms with E-state index in [0.717, 1.165) is 25.3 Å². The molecule has 0 saturated heterocycles. The summed E-state index contributed by atoms with van der Waals surface area (Å²) in [5, 5.41) is 4.43. The number of rotatable bonds is 4. The standard InChI is InChI=1S/C24H23Br2N3O3S/c1-24(2,3)16-7-4-14(5-8-16)22(31)28-29-23(33)27-20(30)13-32-19-11-6-15-12-17(25)9-10-18(15)21(19)26/h4-12H,13H2,1-3H3,(H,28,31)(H2,27,29,30,33). The average molecular weight is 593 g/mol. The van der Waals surface area contributed by atoms with Crippen molar-refractivity contribution >= 4 is 71.8 Å². The van der Waals surface area contributed by atoms with Crippen LogP contribution in [0, 0.1) is 0 Å². The zero-order chi connectivity index (χ0) is 24.2. The molecule has 3 aromatic rings. The zero-order valence-corrected chi connectivity index (χ0v) is 22.3. The van der Waals surface area contributed by atoms with Gasteiger partial charge in [-0.3, -0.25) is 25.8 Å². The van der Waals surface area contributed by atoms with Crippen molar-refractivity contribution in [2.24, 2.45) is 0 Å². The van der Waals surface area contributed by atoms with Gasteiger partial charge in [0.25, 0.3) is 11.8 Å². The first-order chi connectivity index (χ1) is 15.5. The van der Waals surface area contributed by atoms with Gasteiger partial charge in [0.1, 0.15) is 5.75 Å². The van der Waals surface area contributed by atoms with E-state index < -0.39 is 5.91 Å². The first-order valence-electron chi connectivity index (χ1n) is 10.1. The molecule has 3 rings (SSSR count). The third kappa shape index (κ3) is 6.75. The number of hydrogen-bond donors (Lipinski definition) is 3. The lowest BCUT2D eigenvalue weighted by Crippen LogP contribution is -2.49. The van der Waals surface area contributed by atoms with Crippen molar-refractivity contribution in [1.29, 1.82) is 0 Å². The highest BCUT2D eigenvalue weighted by Crippen LogP contribution is 2.34. The molecule has 0 unspecified atom stereocenters. The molecule has 0 saturated carbocycles. The molecule has 0 atom stereocenters. The summed E-state index contributed by atoms with van der Waals surface area (Å²) in [5.74, 6) is -0.292. The van der Waals surface area contributed by atoms with Crippen LogP contribution in [0.3, 0.4) is 0 Å². The van der Waals surface area contributed by atoms with Crippen molar-refractivity contribution in [3.8, 4) is 5.75 Å². The predicted octanol–water partition coefficient (Wildman–Crippen LogP) is 5.38. The maximum Gasteiger partial charge on any atom is 0.269 e. The summed E-state index contributed by atoms with van der Waals surface area (Å²) in [4.78, 5) is 24.5. The van der Waals surface area contributed by atoms with E-state index in [1.807, 2.05) is 36.4 Å². The van der Waals surface area contributed by atoms with E-state index in [2.05, 4.69) is 68.8 Å². The number of halogens is 2. The van der Waals surface area contributed by atoms with Gasteiger partial charge in [-0.05, 0) is 80.2 Å². The highest BCUT2D eigenvalue weighted by atomic mass is 79.9. The molecule has 172 valence electrons. The Hall–Kier alpha value is -2.49. The molecule has 9 heteroatoms. The van der Waals surface area contributed by atoms with Crippen LogP contribution in [0.2, 0.25) is 0 Å². The number of carbonyl (C=O) groups is 2. The highest BCUT2D eigenvalue weighted by molar-refractivity contribution is 9.11. The first-order valence-corrected chi connectivity index (χ1v) is 12.1. The van der Waals surface area contributed by atoms with Crippen molar-refractivity contribution in [2.75, 3.05) is 6.61 Å². The van der Waals surface area contributed by atoms with Crippen LogP contribution >= 0.6 is 44.1 Å². The van der Waals surface area contributed by atoms with E-state index in [4.69, 9.17) is 17.0 Å². The van der Waals surface area contributed by atoms with Gasteiger partial charge in [-0.25, -0.2) is 0 Å². The van der Waals surface area contributed by atoms with Gasteiger partial charge in [-0.2, -0.15) is 0 Å². The second-order valence-corrected chi connectivity index (χ2v) is 10.4. The fraction of sp³-hybridized carbons (Fsp3) is 0.208. The van der Waals surface area contributed by atoms with Crippen LogP contribution in [0.15, 0.2) is 63.5 Å². The Morgan fingerprint density at radius 1 is 0.970 bits per heavy atom. The molecule has 0 heterocycles. The van der Waals surface area contributed by atoms with Crippen molar-refractivity contribution < 1.29 is 14.3 Å². The lowest BCUT2D eigenvalue weighted by molar-refractivity contribution is -0.121. The first kappa shape index (κ1) is 25.1. The molecule has 0 aromatic heterocycles. The summed E-state index contributed by atoms with van der Waals surface area (Å²) < 4.78 is 7.36. The summed E-state index contributed by atoms with van der Waals surface area (Å²) in [6.45, 7) is 6.06. The van der Waals surface area contributed by atoms with Gasteiger partial charge in [-0.1, -0.05) is 61.0 Å². The van der Waals surface area contributed by atoms with E-state index in [1.54, 1.807) is 18.2 Å². The summed E-state index contributed by atoms with van der Waals surface area (Å²) in [6, 6.07) is 16.9. The van der Waals surface area contributed by atoms with Crippen LogP contribution in [0.25, 0.3) is 10.8 Å². The molecule has 0 aliphatic carbocycles. The largest absolute Gasteiger partial charge is 0.483 e. The zero-order valence-electron chi connectivity index (χ0n) is 18.3. The second-order valence-electron chi connectivity index (χ2n) is 8.32. The molecular formula is C24H23Br2N3O3S. The number of hydrogen-bond acceptors (Lipinski definition) is 4. The number of benzene rings is 3. The molecule has 2 amide bonds. The van der Waals surface area contributed by atoms with E-state index in [9.17, 15) is 9.59 Å². The Morgan fingerprint density at radius 2 is 1.67 bits per heavy atom. The number of nitrogens with one attached hydrogen (secondary N) is 3. The monoisotopic (exact) mass is 591 g/mol. The van der Waals surface area contributed by atoms with E-state index in [1.165, 1.54) is 0 Å². The molecule has 3 N–H and O–H groups in total. The van der Waals surface area contributed by atoms with Crippen LogP contribution < -0.4 is 20.9 Å². The van der Waals surface area contributed by atoms with Gasteiger partial charge >= 0.3 is 0 Å². The summed E-state index contributed by atoms with van der Waals surface area (Å²) in [5.41, 5.74) is 6.60. The Kier molecular flexibility index (Phi) is 8.10. The molecule has 0 fully saturated rings. The van der Waals surface area contributed by atoms with Crippen LogP contribution in [0.5, 0.6) is 5.75 Å². The van der Waals surface area contributed by atoms with E-state index in [0.29, 0.717) is 11.3 Å². The van der Waals surface area contributed by atoms with Gasteiger partial charge in [0.15, 0.2) is 11.7 Å². The number of thiocarbonyl (C=S) groups is 1. The molecule has 0 aliphatic heterocycles. The highest BCUT2D eigenvalue weighted by Gasteiger charge is 2.15. The number of hydrazine groups is 1. The van der Waals surface area contributed by atoms with Gasteiger partial charge in [0, 0.05) is 10.0 Å². The lowest BCUT2D eigenvalue weighted by Gasteiger charge is -2.19. The maximum atomic E-state index is 12.3. The van der Waals surface area contributed by atoms with Crippen molar-refractivity contribution in [2.45, 2.75) is 26.2 Å². The normalized spacial score (nSPS) is 11.1. The summed E-state index contributed by atoms with van der Waals surface area (Å²) in [6.07, 6.45) is 0. The molecule has 0 bridgehead atoms. The van der Waals surface area contributed by atoms with Crippen LogP contribution in [-0.2, 0) is 10.2 Å². The predicted molar refractivity (Wildman–Crippen MR) is 141 cm³/mol. The fourth-order valence-corrected chi connectivity index (χ4v) is 4.15. The lowest BCUT2D eigenvalue weighted by atomic mass is 9.87. The molecule has 33 heavy (non-hydrogen) atoms. The van der Waals surface area contributed by atoms with Gasteiger partial charge in [-0.15, -0.1) is 0 Å². The minimum Gasteiger partial charge on any atom is -0.483 e. The quantitative estimate of drug-likeness (QED) is 0.280. The molecular weight excluding hydrogens is 570 g/mol. The SMILES string of the molecule is CC(C)(C)c1ccc(C(=O)NNC(=S)NC(=O)COc2ccc3cc(Br)ccc3c2Br)cc1. The van der Waals surface area contributed by atoms with Gasteiger partial charge in [0.2, 0.25) is 0 Å². The third-order valence-electron chi connectivity index (χ3n) is 4.80. The minimum atomic E-state index is -0.459. The summed E-state index contributed by atoms with van der Waals surface area (Å²) >= 11 is 12.1. The Bertz CT molecular complexity index is 1210. The van der Waals surface area contributed by atoms with E-state index >= 15 is 0 Å². The number of fused-ring (bicyclic) bond motifs is 1. The molecule has 0 radical (unpaired) electrons. The molecule has 0 spiro atoms. The van der Waals surface area contributed by atoms with Crippen molar-refractivity contribution in [3.05, 3.63) is 74.7 Å². The Labute approximate surface area is 214 Å². The fourth-order valence-electron chi connectivity index (χ4n) is 3.00. The maximum absolute atomic E-state index is 12.3. The smallest absolute Gasteiger partial charge is 0.269 e. The summed E-state index contributed by atoms with van der Waals surface area (Å²) in [7, 11) is 0. The number of ether oxygens (including phenoxy) is 1. The van der Waals surface area contributed by atoms with Crippen LogP contribution in [0.1, 0.15) is 36.7 Å². The van der Waals surface area contributed by atoms with Gasteiger partial charge < -0.3 is 4.74 Å². The minimum absolute atomic E-state index is 0.000755. The average Bonchev–Trinajstić information content (AvgIpc) is 2.76. The number of carbonyl (C=O) groups excluding carboxylic acids is 2.